The number of pyridine rings is 1. The number of nitrogens with one attached hydrogen (secondary N) is 1. The van der Waals surface area contributed by atoms with Crippen LogP contribution in [-0.2, 0) is 9.84 Å². The minimum atomic E-state index is -3.16. The number of sulfone groups is 1. The molecule has 2 aromatic rings. The molecule has 0 unspecified atom stereocenters. The molecule has 0 amide bonds. The number of anilines is 3. The predicted molar refractivity (Wildman–Crippen MR) is 71.5 cm³/mol. The van der Waals surface area contributed by atoms with Gasteiger partial charge in [0.15, 0.2) is 9.84 Å². The number of benzene rings is 1. The Morgan fingerprint density at radius 1 is 1.11 bits per heavy atom. The maximum Gasteiger partial charge on any atom is 0.175 e. The highest BCUT2D eigenvalue weighted by atomic mass is 32.2. The monoisotopic (exact) mass is 263 g/mol. The SMILES string of the molecule is CS(=O)(=O)c1ccc(Nc2ccnc(N)c2)cc1. The summed E-state index contributed by atoms with van der Waals surface area (Å²) in [5, 5.41) is 3.11. The van der Waals surface area contributed by atoms with E-state index < -0.39 is 9.84 Å². The van der Waals surface area contributed by atoms with E-state index in [1.165, 1.54) is 6.26 Å². The molecule has 0 spiro atoms. The minimum Gasteiger partial charge on any atom is -0.384 e. The molecular weight excluding hydrogens is 250 g/mol. The third kappa shape index (κ3) is 2.98. The molecule has 0 fully saturated rings. The average molecular weight is 263 g/mol. The number of nitrogens with two attached hydrogens (primary N) is 1. The van der Waals surface area contributed by atoms with E-state index in [4.69, 9.17) is 5.73 Å². The lowest BCUT2D eigenvalue weighted by atomic mass is 10.3. The lowest BCUT2D eigenvalue weighted by molar-refractivity contribution is 0.602. The molecule has 18 heavy (non-hydrogen) atoms. The van der Waals surface area contributed by atoms with Gasteiger partial charge in [-0.05, 0) is 30.3 Å². The quantitative estimate of drug-likeness (QED) is 0.882. The fraction of sp³-hybridized carbons (Fsp3) is 0.0833. The van der Waals surface area contributed by atoms with Crippen LogP contribution in [0.2, 0.25) is 0 Å². The van der Waals surface area contributed by atoms with Gasteiger partial charge in [0.2, 0.25) is 0 Å². The third-order valence-electron chi connectivity index (χ3n) is 2.35. The predicted octanol–water partition coefficient (Wildman–Crippen LogP) is 1.81. The van der Waals surface area contributed by atoms with Gasteiger partial charge in [0, 0.05) is 29.9 Å². The summed E-state index contributed by atoms with van der Waals surface area (Å²) in [6.45, 7) is 0. The third-order valence-corrected chi connectivity index (χ3v) is 3.48. The Bertz CT molecular complexity index is 651. The van der Waals surface area contributed by atoms with Crippen LogP contribution in [0.1, 0.15) is 0 Å². The van der Waals surface area contributed by atoms with Crippen LogP contribution in [0, 0.1) is 0 Å². The lowest BCUT2D eigenvalue weighted by Crippen LogP contribution is -1.98. The zero-order valence-electron chi connectivity index (χ0n) is 9.79. The molecule has 2 rings (SSSR count). The summed E-state index contributed by atoms with van der Waals surface area (Å²) in [6.07, 6.45) is 2.78. The highest BCUT2D eigenvalue weighted by molar-refractivity contribution is 7.90. The molecule has 0 radical (unpaired) electrons. The largest absolute Gasteiger partial charge is 0.384 e. The number of aromatic nitrogens is 1. The summed E-state index contributed by atoms with van der Waals surface area (Å²) < 4.78 is 22.6. The first-order valence-corrected chi connectivity index (χ1v) is 7.13. The first kappa shape index (κ1) is 12.4. The molecule has 6 heteroatoms. The summed E-state index contributed by atoms with van der Waals surface area (Å²) in [7, 11) is -3.16. The molecular formula is C12H13N3O2S. The van der Waals surface area contributed by atoms with Crippen LogP contribution in [0.4, 0.5) is 17.2 Å². The van der Waals surface area contributed by atoms with Crippen molar-refractivity contribution in [2.24, 2.45) is 0 Å². The molecule has 1 aromatic heterocycles. The Kier molecular flexibility index (Phi) is 3.20. The number of nitrogens with zero attached hydrogens (tertiary/aromatic N) is 1. The second-order valence-corrected chi connectivity index (χ2v) is 5.91. The van der Waals surface area contributed by atoms with E-state index in [0.29, 0.717) is 10.7 Å². The van der Waals surface area contributed by atoms with E-state index in [-0.39, 0.29) is 0 Å². The Morgan fingerprint density at radius 2 is 1.78 bits per heavy atom. The van der Waals surface area contributed by atoms with Crippen molar-refractivity contribution in [2.45, 2.75) is 4.90 Å². The topological polar surface area (TPSA) is 85.1 Å². The van der Waals surface area contributed by atoms with Crippen LogP contribution >= 0.6 is 0 Å². The summed E-state index contributed by atoms with van der Waals surface area (Å²) in [4.78, 5) is 4.18. The maximum absolute atomic E-state index is 11.3. The van der Waals surface area contributed by atoms with Gasteiger partial charge in [-0.15, -0.1) is 0 Å². The normalized spacial score (nSPS) is 11.2. The fourth-order valence-corrected chi connectivity index (χ4v) is 2.11. The van der Waals surface area contributed by atoms with Gasteiger partial charge in [-0.3, -0.25) is 0 Å². The summed E-state index contributed by atoms with van der Waals surface area (Å²) in [5.74, 6) is 0.424. The summed E-state index contributed by atoms with van der Waals surface area (Å²) in [6, 6.07) is 10.00. The molecule has 5 nitrogen and oxygen atoms in total. The van der Waals surface area contributed by atoms with Crippen molar-refractivity contribution in [3.63, 3.8) is 0 Å². The molecule has 3 N–H and O–H groups in total. The van der Waals surface area contributed by atoms with E-state index in [9.17, 15) is 8.42 Å². The van der Waals surface area contributed by atoms with E-state index >= 15 is 0 Å². The van der Waals surface area contributed by atoms with Crippen LogP contribution in [0.5, 0.6) is 0 Å². The average Bonchev–Trinajstić information content (AvgIpc) is 2.28. The molecule has 0 aliphatic carbocycles. The molecule has 0 atom stereocenters. The van der Waals surface area contributed by atoms with E-state index in [2.05, 4.69) is 10.3 Å². The molecule has 1 heterocycles. The molecule has 0 aliphatic rings. The molecule has 1 aromatic carbocycles. The highest BCUT2D eigenvalue weighted by Gasteiger charge is 2.06. The van der Waals surface area contributed by atoms with Crippen molar-refractivity contribution in [3.05, 3.63) is 42.6 Å². The van der Waals surface area contributed by atoms with Gasteiger partial charge in [0.25, 0.3) is 0 Å². The molecule has 0 saturated heterocycles. The summed E-state index contributed by atoms with van der Waals surface area (Å²) in [5.41, 5.74) is 7.15. The zero-order valence-corrected chi connectivity index (χ0v) is 10.6. The van der Waals surface area contributed by atoms with Gasteiger partial charge in [0.1, 0.15) is 5.82 Å². The van der Waals surface area contributed by atoms with E-state index in [0.717, 1.165) is 11.4 Å². The zero-order chi connectivity index (χ0) is 13.2. The van der Waals surface area contributed by atoms with Crippen molar-refractivity contribution in [2.75, 3.05) is 17.3 Å². The van der Waals surface area contributed by atoms with Crippen molar-refractivity contribution in [1.29, 1.82) is 0 Å². The minimum absolute atomic E-state index is 0.294. The number of rotatable bonds is 3. The Balaban J connectivity index is 2.21. The van der Waals surface area contributed by atoms with Crippen molar-refractivity contribution in [3.8, 4) is 0 Å². The lowest BCUT2D eigenvalue weighted by Gasteiger charge is -2.07. The number of hydrogen-bond donors (Lipinski definition) is 2. The Morgan fingerprint density at radius 3 is 2.33 bits per heavy atom. The van der Waals surface area contributed by atoms with Gasteiger partial charge >= 0.3 is 0 Å². The second-order valence-electron chi connectivity index (χ2n) is 3.89. The van der Waals surface area contributed by atoms with Gasteiger partial charge < -0.3 is 11.1 Å². The van der Waals surface area contributed by atoms with Gasteiger partial charge in [-0.1, -0.05) is 0 Å². The summed E-state index contributed by atoms with van der Waals surface area (Å²) >= 11 is 0. The highest BCUT2D eigenvalue weighted by Crippen LogP contribution is 2.19. The molecule has 0 bridgehead atoms. The number of hydrogen-bond acceptors (Lipinski definition) is 5. The van der Waals surface area contributed by atoms with E-state index in [1.54, 1.807) is 42.6 Å². The maximum atomic E-state index is 11.3. The number of nitrogen functional groups attached to an aromatic ring is 1. The molecule has 94 valence electrons. The molecule has 0 aliphatic heterocycles. The second kappa shape index (κ2) is 4.66. The first-order valence-electron chi connectivity index (χ1n) is 5.24. The van der Waals surface area contributed by atoms with Crippen LogP contribution in [0.15, 0.2) is 47.5 Å². The van der Waals surface area contributed by atoms with Gasteiger partial charge in [-0.2, -0.15) is 0 Å². The fourth-order valence-electron chi connectivity index (χ4n) is 1.48. The van der Waals surface area contributed by atoms with Crippen LogP contribution in [-0.4, -0.2) is 19.7 Å². The van der Waals surface area contributed by atoms with Crippen LogP contribution in [0.3, 0.4) is 0 Å². The smallest absolute Gasteiger partial charge is 0.175 e. The standard InChI is InChI=1S/C12H13N3O2S/c1-18(16,17)11-4-2-9(3-5-11)15-10-6-7-14-12(13)8-10/h2-8H,1H3,(H3,13,14,15). The van der Waals surface area contributed by atoms with Crippen molar-refractivity contribution < 1.29 is 8.42 Å². The van der Waals surface area contributed by atoms with Gasteiger partial charge in [0.05, 0.1) is 4.90 Å². The van der Waals surface area contributed by atoms with Crippen LogP contribution < -0.4 is 11.1 Å². The van der Waals surface area contributed by atoms with Crippen molar-refractivity contribution >= 4 is 27.0 Å². The van der Waals surface area contributed by atoms with Crippen LogP contribution in [0.25, 0.3) is 0 Å². The van der Waals surface area contributed by atoms with Crippen molar-refractivity contribution in [1.82, 2.24) is 4.98 Å². The Hall–Kier alpha value is -2.08. The first-order chi connectivity index (χ1) is 8.45. The van der Waals surface area contributed by atoms with E-state index in [1.807, 2.05) is 0 Å². The van der Waals surface area contributed by atoms with Gasteiger partial charge in [-0.25, -0.2) is 13.4 Å². The Labute approximate surface area is 106 Å². The molecule has 0 saturated carbocycles.